The lowest BCUT2D eigenvalue weighted by Crippen LogP contribution is -2.25. The molecule has 0 unspecified atom stereocenters. The summed E-state index contributed by atoms with van der Waals surface area (Å²) in [6.07, 6.45) is 10.0. The Hall–Kier alpha value is -2.94. The Morgan fingerprint density at radius 2 is 2.00 bits per heavy atom. The molecule has 0 radical (unpaired) electrons. The molecule has 0 spiro atoms. The zero-order valence-corrected chi connectivity index (χ0v) is 21.0. The average molecular weight is 474 g/mol. The first-order valence-electron chi connectivity index (χ1n) is 11.0. The molecule has 0 saturated carbocycles. The second kappa shape index (κ2) is 15.8. The van der Waals surface area contributed by atoms with E-state index in [0.717, 1.165) is 53.0 Å². The maximum Gasteiger partial charge on any atom is 0.221 e. The molecule has 6 N–H and O–H groups in total. The van der Waals surface area contributed by atoms with Crippen LogP contribution in [0.5, 0.6) is 0 Å². The summed E-state index contributed by atoms with van der Waals surface area (Å²) in [6.45, 7) is 16.5. The van der Waals surface area contributed by atoms with Crippen LogP contribution < -0.4 is 17.2 Å². The Morgan fingerprint density at radius 3 is 2.58 bits per heavy atom. The number of guanidine groups is 1. The van der Waals surface area contributed by atoms with Crippen LogP contribution in [0.25, 0.3) is 0 Å². The van der Waals surface area contributed by atoms with Gasteiger partial charge in [0.2, 0.25) is 5.96 Å². The number of hydrogen-bond donors (Lipinski definition) is 3. The minimum atomic E-state index is 0.206. The molecule has 0 aromatic carbocycles. The summed E-state index contributed by atoms with van der Waals surface area (Å²) >= 11 is 1.65. The second-order valence-corrected chi connectivity index (χ2v) is 8.68. The minimum absolute atomic E-state index is 0.206. The van der Waals surface area contributed by atoms with Gasteiger partial charge in [0.25, 0.3) is 0 Å². The molecule has 0 amide bonds. The maximum absolute atomic E-state index is 5.88. The van der Waals surface area contributed by atoms with E-state index in [4.69, 9.17) is 21.9 Å². The molecule has 182 valence electrons. The van der Waals surface area contributed by atoms with Crippen molar-refractivity contribution >= 4 is 28.6 Å². The zero-order valence-electron chi connectivity index (χ0n) is 20.2. The predicted molar refractivity (Wildman–Crippen MR) is 144 cm³/mol. The monoisotopic (exact) mass is 473 g/mol. The maximum atomic E-state index is 5.88. The molecule has 33 heavy (non-hydrogen) atoms. The molecule has 0 atom stereocenters. The summed E-state index contributed by atoms with van der Waals surface area (Å²) in [5.41, 5.74) is 19.8. The third-order valence-corrected chi connectivity index (χ3v) is 5.76. The lowest BCUT2D eigenvalue weighted by molar-refractivity contribution is 0.205. The van der Waals surface area contributed by atoms with Gasteiger partial charge < -0.3 is 26.8 Å². The molecule has 0 aromatic heterocycles. The van der Waals surface area contributed by atoms with Crippen LogP contribution in [-0.2, 0) is 4.74 Å². The zero-order chi connectivity index (χ0) is 24.6. The quantitative estimate of drug-likeness (QED) is 0.234. The van der Waals surface area contributed by atoms with Crippen LogP contribution in [0.3, 0.4) is 0 Å². The fraction of sp³-hybridized carbons (Fsp3) is 0.458. The number of allylic oxidation sites excluding steroid dienone is 5. The fourth-order valence-corrected chi connectivity index (χ4v) is 3.41. The number of thioether (sulfide) groups is 1. The smallest absolute Gasteiger partial charge is 0.221 e. The highest BCUT2D eigenvalue weighted by atomic mass is 32.2. The summed E-state index contributed by atoms with van der Waals surface area (Å²) in [6, 6.07) is 0. The van der Waals surface area contributed by atoms with Crippen LogP contribution in [0.4, 0.5) is 0 Å². The van der Waals surface area contributed by atoms with E-state index in [9.17, 15) is 0 Å². The van der Waals surface area contributed by atoms with Crippen molar-refractivity contribution in [2.24, 2.45) is 32.2 Å². The van der Waals surface area contributed by atoms with Crippen molar-refractivity contribution in [2.75, 3.05) is 32.0 Å². The third-order valence-electron chi connectivity index (χ3n) is 4.84. The molecular formula is C24H39N7OS. The minimum Gasteiger partial charge on any atom is -0.496 e. The number of ether oxygens (including phenoxy) is 1. The van der Waals surface area contributed by atoms with Gasteiger partial charge in [0.05, 0.1) is 12.3 Å². The van der Waals surface area contributed by atoms with E-state index in [0.29, 0.717) is 25.4 Å². The van der Waals surface area contributed by atoms with Crippen LogP contribution >= 0.6 is 11.8 Å². The summed E-state index contributed by atoms with van der Waals surface area (Å²) in [4.78, 5) is 14.6. The summed E-state index contributed by atoms with van der Waals surface area (Å²) in [5.74, 6) is 2.88. The number of amidine groups is 1. The second-order valence-electron chi connectivity index (χ2n) is 7.57. The number of aliphatic imine (C=N–C) groups is 3. The molecule has 2 rings (SSSR count). The molecule has 9 heteroatoms. The van der Waals surface area contributed by atoms with Crippen LogP contribution in [-0.4, -0.2) is 53.7 Å². The van der Waals surface area contributed by atoms with E-state index >= 15 is 0 Å². The highest BCUT2D eigenvalue weighted by molar-refractivity contribution is 8.13. The Labute approximate surface area is 202 Å². The van der Waals surface area contributed by atoms with Crippen LogP contribution in [0.1, 0.15) is 40.0 Å². The van der Waals surface area contributed by atoms with Gasteiger partial charge >= 0.3 is 0 Å². The SMILES string of the molecule is C=CC/C(C)=N\C(N)=N/C(=C)N1CCO/C(=C/C=C(C)/C(C)=C/N)CC1.NC1=NCCCS1. The van der Waals surface area contributed by atoms with E-state index in [1.807, 2.05) is 37.8 Å². The van der Waals surface area contributed by atoms with Crippen LogP contribution in [0, 0.1) is 0 Å². The van der Waals surface area contributed by atoms with Gasteiger partial charge in [-0.2, -0.15) is 4.99 Å². The van der Waals surface area contributed by atoms with Crippen molar-refractivity contribution in [1.29, 1.82) is 0 Å². The standard InChI is InChI=1S/C20H31N5O.C4H8N2S/c1-6-7-17(4)23-20(22)24-18(5)25-11-10-19(26-13-12-25)9-8-15(2)16(3)14-21;5-4-6-2-1-3-7-4/h6,8-9,14H,1,5,7,10-13,21H2,2-4H3,(H2,22,24);1-3H2,(H2,5,6)/b15-8+,16-14+,19-9+,23-17-;. The van der Waals surface area contributed by atoms with E-state index in [2.05, 4.69) is 28.1 Å². The van der Waals surface area contributed by atoms with E-state index < -0.39 is 0 Å². The first-order chi connectivity index (χ1) is 15.8. The van der Waals surface area contributed by atoms with Crippen molar-refractivity contribution in [1.82, 2.24) is 4.90 Å². The molecule has 2 heterocycles. The number of rotatable bonds is 6. The molecule has 0 aliphatic carbocycles. The Kier molecular flexibility index (Phi) is 13.4. The average Bonchev–Trinajstić information content (AvgIpc) is 3.03. The largest absolute Gasteiger partial charge is 0.496 e. The Morgan fingerprint density at radius 1 is 1.24 bits per heavy atom. The van der Waals surface area contributed by atoms with Gasteiger partial charge in [0, 0.05) is 37.4 Å². The molecular weight excluding hydrogens is 434 g/mol. The van der Waals surface area contributed by atoms with Gasteiger partial charge in [-0.3, -0.25) is 4.99 Å². The number of nitrogens with zero attached hydrogens (tertiary/aromatic N) is 4. The van der Waals surface area contributed by atoms with Crippen LogP contribution in [0.15, 0.2) is 75.3 Å². The Bertz CT molecular complexity index is 853. The molecule has 0 bridgehead atoms. The molecule has 0 aromatic rings. The molecule has 1 saturated heterocycles. The van der Waals surface area contributed by atoms with Crippen molar-refractivity contribution in [3.05, 3.63) is 60.3 Å². The lowest BCUT2D eigenvalue weighted by atomic mass is 10.1. The molecule has 2 aliphatic heterocycles. The van der Waals surface area contributed by atoms with Gasteiger partial charge in [-0.1, -0.05) is 30.5 Å². The third kappa shape index (κ3) is 12.0. The number of hydrogen-bond acceptors (Lipinski definition) is 7. The highest BCUT2D eigenvalue weighted by Gasteiger charge is 2.14. The van der Waals surface area contributed by atoms with Crippen LogP contribution in [0.2, 0.25) is 0 Å². The topological polar surface area (TPSA) is 128 Å². The van der Waals surface area contributed by atoms with Gasteiger partial charge in [0.15, 0.2) is 5.17 Å². The summed E-state index contributed by atoms with van der Waals surface area (Å²) in [7, 11) is 0. The normalized spacial score (nSPS) is 19.7. The van der Waals surface area contributed by atoms with Crippen molar-refractivity contribution in [3.63, 3.8) is 0 Å². The molecule has 1 fully saturated rings. The van der Waals surface area contributed by atoms with Gasteiger partial charge in [-0.15, -0.1) is 6.58 Å². The fourth-order valence-electron chi connectivity index (χ4n) is 2.74. The first-order valence-corrected chi connectivity index (χ1v) is 12.0. The van der Waals surface area contributed by atoms with Gasteiger partial charge in [0.1, 0.15) is 12.4 Å². The highest BCUT2D eigenvalue weighted by Crippen LogP contribution is 2.16. The lowest BCUT2D eigenvalue weighted by Gasteiger charge is -2.20. The Balaban J connectivity index is 0.000000657. The van der Waals surface area contributed by atoms with Crippen molar-refractivity contribution < 1.29 is 4.74 Å². The van der Waals surface area contributed by atoms with E-state index in [1.54, 1.807) is 24.0 Å². The van der Waals surface area contributed by atoms with E-state index in [1.165, 1.54) is 6.42 Å². The first kappa shape index (κ1) is 28.1. The van der Waals surface area contributed by atoms with Gasteiger partial charge in [-0.25, -0.2) is 4.99 Å². The van der Waals surface area contributed by atoms with E-state index in [-0.39, 0.29) is 5.96 Å². The van der Waals surface area contributed by atoms with Gasteiger partial charge in [-0.05, 0) is 50.6 Å². The number of nitrogens with two attached hydrogens (primary N) is 3. The molecule has 2 aliphatic rings. The molecule has 8 nitrogen and oxygen atoms in total. The van der Waals surface area contributed by atoms with Crippen molar-refractivity contribution in [3.8, 4) is 0 Å². The van der Waals surface area contributed by atoms with Crippen molar-refractivity contribution in [2.45, 2.75) is 40.0 Å². The predicted octanol–water partition coefficient (Wildman–Crippen LogP) is 3.66. The summed E-state index contributed by atoms with van der Waals surface area (Å²) in [5, 5.41) is 0.756. The summed E-state index contributed by atoms with van der Waals surface area (Å²) < 4.78 is 5.81.